The molecule has 1 aromatic carbocycles. The van der Waals surface area contributed by atoms with E-state index in [0.29, 0.717) is 28.1 Å². The average Bonchev–Trinajstić information content (AvgIpc) is 2.81. The molecule has 0 unspecified atom stereocenters. The van der Waals surface area contributed by atoms with Crippen LogP contribution in [0, 0.1) is 11.3 Å². The zero-order chi connectivity index (χ0) is 23.4. The largest absolute Gasteiger partial charge is 0.339 e. The number of piperidine rings is 1. The number of carbonyl (C=O) groups excluding carboxylic acids is 4. The Bertz CT molecular complexity index is 916. The molecule has 1 aromatic rings. The molecule has 2 aliphatic heterocycles. The van der Waals surface area contributed by atoms with E-state index in [1.807, 2.05) is 4.90 Å². The molecule has 4 amide bonds. The Balaban J connectivity index is 1.35. The van der Waals surface area contributed by atoms with Crippen LogP contribution >= 0.6 is 11.6 Å². The first-order valence-electron chi connectivity index (χ1n) is 12.0. The molecule has 3 fully saturated rings. The number of benzene rings is 1. The fourth-order valence-corrected chi connectivity index (χ4v) is 5.80. The van der Waals surface area contributed by atoms with Gasteiger partial charge in [-0.1, -0.05) is 18.0 Å². The van der Waals surface area contributed by atoms with E-state index in [4.69, 9.17) is 11.6 Å². The predicted octanol–water partition coefficient (Wildman–Crippen LogP) is 4.57. The maximum atomic E-state index is 13.2. The lowest BCUT2D eigenvalue weighted by Gasteiger charge is -2.46. The van der Waals surface area contributed by atoms with E-state index in [-0.39, 0.29) is 24.8 Å². The summed E-state index contributed by atoms with van der Waals surface area (Å²) in [4.78, 5) is 50.8. The summed E-state index contributed by atoms with van der Waals surface area (Å²) in [5.74, 6) is 0.390. The number of hydrogen-bond donors (Lipinski definition) is 1. The number of likely N-dealkylation sites (tertiary alicyclic amines) is 1. The second-order valence-corrected chi connectivity index (χ2v) is 10.2. The van der Waals surface area contributed by atoms with Gasteiger partial charge in [0, 0.05) is 38.0 Å². The second kappa shape index (κ2) is 10.2. The number of anilines is 1. The molecular formula is C25H32ClN3O4. The summed E-state index contributed by atoms with van der Waals surface area (Å²) >= 11 is 6.32. The Morgan fingerprint density at radius 2 is 1.85 bits per heavy atom. The maximum Gasteiger partial charge on any atom is 0.328 e. The van der Waals surface area contributed by atoms with E-state index < -0.39 is 6.03 Å². The number of hydrogen-bond acceptors (Lipinski definition) is 4. The number of rotatable bonds is 6. The summed E-state index contributed by atoms with van der Waals surface area (Å²) in [6.45, 7) is 1.72. The van der Waals surface area contributed by atoms with Crippen LogP contribution in [0.25, 0.3) is 0 Å². The Labute approximate surface area is 199 Å². The molecule has 1 spiro atoms. The predicted molar refractivity (Wildman–Crippen MR) is 126 cm³/mol. The van der Waals surface area contributed by atoms with Gasteiger partial charge in [-0.05, 0) is 74.5 Å². The molecule has 1 saturated carbocycles. The van der Waals surface area contributed by atoms with Crippen LogP contribution in [-0.2, 0) is 9.59 Å². The topological polar surface area (TPSA) is 86.8 Å². The number of nitrogens with one attached hydrogen (secondary N) is 1. The molecule has 1 aliphatic carbocycles. The summed E-state index contributed by atoms with van der Waals surface area (Å²) < 4.78 is 0. The third kappa shape index (κ3) is 5.40. The van der Waals surface area contributed by atoms with Crippen molar-refractivity contribution in [1.29, 1.82) is 0 Å². The molecule has 4 rings (SSSR count). The second-order valence-electron chi connectivity index (χ2n) is 9.75. The summed E-state index contributed by atoms with van der Waals surface area (Å²) in [7, 11) is 0. The van der Waals surface area contributed by atoms with Crippen molar-refractivity contribution >= 4 is 41.4 Å². The van der Waals surface area contributed by atoms with E-state index >= 15 is 0 Å². The average molecular weight is 474 g/mol. The molecule has 0 bridgehead atoms. The Morgan fingerprint density at radius 3 is 2.52 bits per heavy atom. The van der Waals surface area contributed by atoms with Crippen LogP contribution in [0.5, 0.6) is 0 Å². The quantitative estimate of drug-likeness (QED) is 0.484. The minimum atomic E-state index is -0.514. The van der Waals surface area contributed by atoms with Crippen LogP contribution in [0.1, 0.15) is 74.6 Å². The number of imide groups is 1. The molecule has 178 valence electrons. The van der Waals surface area contributed by atoms with Gasteiger partial charge in [0.25, 0.3) is 5.91 Å². The minimum absolute atomic E-state index is 0.0428. The number of unbranched alkanes of at least 4 members (excludes halogenated alkanes) is 1. The standard InChI is InChI=1S/C25H32ClN3O4/c26-20-5-4-19(17-21(20)29-13-8-22(31)27-24(29)33)23(32)28-14-11-25(12-15-28)9-6-18(7-10-25)3-1-2-16-30/h4-5,16-18H,1-3,6-15H2,(H,27,31,33). The molecule has 3 aliphatic rings. The van der Waals surface area contributed by atoms with Gasteiger partial charge in [0.15, 0.2) is 0 Å². The Morgan fingerprint density at radius 1 is 1.12 bits per heavy atom. The van der Waals surface area contributed by atoms with Crippen LogP contribution < -0.4 is 10.2 Å². The normalized spacial score (nSPS) is 21.2. The fourth-order valence-electron chi connectivity index (χ4n) is 5.58. The zero-order valence-electron chi connectivity index (χ0n) is 19.0. The highest BCUT2D eigenvalue weighted by Crippen LogP contribution is 2.47. The first-order chi connectivity index (χ1) is 15.9. The Hall–Kier alpha value is -2.41. The van der Waals surface area contributed by atoms with Crippen molar-refractivity contribution in [2.45, 2.75) is 64.2 Å². The van der Waals surface area contributed by atoms with Gasteiger partial charge in [0.1, 0.15) is 6.29 Å². The van der Waals surface area contributed by atoms with Crippen LogP contribution in [-0.4, -0.2) is 48.7 Å². The highest BCUT2D eigenvalue weighted by Gasteiger charge is 2.39. The van der Waals surface area contributed by atoms with Gasteiger partial charge < -0.3 is 9.69 Å². The summed E-state index contributed by atoms with van der Waals surface area (Å²) in [5.41, 5.74) is 1.31. The molecule has 8 heteroatoms. The van der Waals surface area contributed by atoms with Crippen molar-refractivity contribution in [2.75, 3.05) is 24.5 Å². The van der Waals surface area contributed by atoms with Crippen molar-refractivity contribution < 1.29 is 19.2 Å². The summed E-state index contributed by atoms with van der Waals surface area (Å²) in [6.07, 6.45) is 11.0. The number of urea groups is 1. The maximum absolute atomic E-state index is 13.2. The number of halogens is 1. The van der Waals surface area contributed by atoms with Crippen LogP contribution in [0.3, 0.4) is 0 Å². The van der Waals surface area contributed by atoms with E-state index in [1.54, 1.807) is 18.2 Å². The van der Waals surface area contributed by atoms with Gasteiger partial charge in [-0.25, -0.2) is 4.79 Å². The van der Waals surface area contributed by atoms with Crippen LogP contribution in [0.2, 0.25) is 5.02 Å². The highest BCUT2D eigenvalue weighted by molar-refractivity contribution is 6.34. The molecule has 7 nitrogen and oxygen atoms in total. The molecule has 2 heterocycles. The monoisotopic (exact) mass is 473 g/mol. The lowest BCUT2D eigenvalue weighted by molar-refractivity contribution is -0.120. The van der Waals surface area contributed by atoms with Crippen molar-refractivity contribution in [3.63, 3.8) is 0 Å². The summed E-state index contributed by atoms with van der Waals surface area (Å²) in [6, 6.07) is 4.50. The molecule has 0 radical (unpaired) electrons. The number of nitrogens with zero attached hydrogens (tertiary/aromatic N) is 2. The molecule has 1 N–H and O–H groups in total. The van der Waals surface area contributed by atoms with Crippen LogP contribution in [0.4, 0.5) is 10.5 Å². The minimum Gasteiger partial charge on any atom is -0.339 e. The molecule has 2 saturated heterocycles. The summed E-state index contributed by atoms with van der Waals surface area (Å²) in [5, 5.41) is 2.67. The van der Waals surface area contributed by atoms with Crippen molar-refractivity contribution in [2.24, 2.45) is 11.3 Å². The van der Waals surface area contributed by atoms with Crippen molar-refractivity contribution in [3.05, 3.63) is 28.8 Å². The van der Waals surface area contributed by atoms with Gasteiger partial charge in [-0.15, -0.1) is 0 Å². The molecular weight excluding hydrogens is 442 g/mol. The van der Waals surface area contributed by atoms with Gasteiger partial charge in [0.2, 0.25) is 5.91 Å². The third-order valence-corrected chi connectivity index (χ3v) is 8.07. The highest BCUT2D eigenvalue weighted by atomic mass is 35.5. The smallest absolute Gasteiger partial charge is 0.328 e. The van der Waals surface area contributed by atoms with E-state index in [0.717, 1.165) is 51.0 Å². The zero-order valence-corrected chi connectivity index (χ0v) is 19.7. The van der Waals surface area contributed by atoms with Gasteiger partial charge in [-0.3, -0.25) is 19.8 Å². The lowest BCUT2D eigenvalue weighted by Crippen LogP contribution is -2.49. The third-order valence-electron chi connectivity index (χ3n) is 7.75. The number of amides is 4. The first kappa shape index (κ1) is 23.7. The molecule has 0 aromatic heterocycles. The van der Waals surface area contributed by atoms with E-state index in [9.17, 15) is 19.2 Å². The van der Waals surface area contributed by atoms with Gasteiger partial charge in [-0.2, -0.15) is 0 Å². The van der Waals surface area contributed by atoms with Gasteiger partial charge >= 0.3 is 6.03 Å². The Kier molecular flexibility index (Phi) is 7.37. The van der Waals surface area contributed by atoms with Crippen molar-refractivity contribution in [1.82, 2.24) is 10.2 Å². The van der Waals surface area contributed by atoms with Gasteiger partial charge in [0.05, 0.1) is 10.7 Å². The van der Waals surface area contributed by atoms with Crippen molar-refractivity contribution in [3.8, 4) is 0 Å². The van der Waals surface area contributed by atoms with E-state index in [1.165, 1.54) is 30.6 Å². The lowest BCUT2D eigenvalue weighted by atomic mass is 9.65. The molecule has 0 atom stereocenters. The van der Waals surface area contributed by atoms with Crippen LogP contribution in [0.15, 0.2) is 18.2 Å². The fraction of sp³-hybridized carbons (Fsp3) is 0.600. The number of carbonyl (C=O) groups is 4. The first-order valence-corrected chi connectivity index (χ1v) is 12.4. The SMILES string of the molecule is O=CCCCC1CCC2(CC1)CCN(C(=O)c1ccc(Cl)c(N3CCC(=O)NC3=O)c1)CC2. The number of aldehydes is 1. The van der Waals surface area contributed by atoms with E-state index in [2.05, 4.69) is 5.32 Å². The molecule has 33 heavy (non-hydrogen) atoms.